The van der Waals surface area contributed by atoms with Crippen molar-refractivity contribution < 1.29 is 14.0 Å². The van der Waals surface area contributed by atoms with E-state index in [-0.39, 0.29) is 18.2 Å². The van der Waals surface area contributed by atoms with E-state index >= 15 is 0 Å². The molecule has 28 heavy (non-hydrogen) atoms. The van der Waals surface area contributed by atoms with Crippen molar-refractivity contribution in [3.63, 3.8) is 0 Å². The van der Waals surface area contributed by atoms with Gasteiger partial charge in [0.25, 0.3) is 0 Å². The fraction of sp³-hybridized carbons (Fsp3) is 0.381. The van der Waals surface area contributed by atoms with E-state index in [1.54, 1.807) is 29.9 Å². The molecule has 0 aliphatic carbocycles. The Labute approximate surface area is 163 Å². The third-order valence-corrected chi connectivity index (χ3v) is 5.51. The Morgan fingerprint density at radius 3 is 2.79 bits per heavy atom. The van der Waals surface area contributed by atoms with Gasteiger partial charge in [-0.05, 0) is 13.0 Å². The molecule has 0 N–H and O–H groups in total. The molecule has 2 amide bonds. The van der Waals surface area contributed by atoms with Gasteiger partial charge in [0, 0.05) is 56.3 Å². The molecule has 0 saturated heterocycles. The second kappa shape index (κ2) is 6.82. The number of likely N-dealkylation sites (N-methyl/N-ethyl adjacent to an activating group) is 1. The highest BCUT2D eigenvalue weighted by atomic mass is 16.3. The molecule has 1 aliphatic heterocycles. The number of aromatic nitrogens is 2. The number of amides is 2. The van der Waals surface area contributed by atoms with E-state index in [4.69, 9.17) is 4.42 Å². The monoisotopic (exact) mass is 380 g/mol. The van der Waals surface area contributed by atoms with Crippen LogP contribution in [-0.2, 0) is 29.5 Å². The Hall–Kier alpha value is -3.09. The summed E-state index contributed by atoms with van der Waals surface area (Å²) in [5, 5.41) is 5.25. The van der Waals surface area contributed by atoms with Crippen LogP contribution in [0.25, 0.3) is 11.0 Å². The van der Waals surface area contributed by atoms with E-state index in [0.29, 0.717) is 13.0 Å². The van der Waals surface area contributed by atoms with Crippen LogP contribution in [0.3, 0.4) is 0 Å². The number of rotatable bonds is 3. The largest absolute Gasteiger partial charge is 0.461 e. The molecule has 0 spiro atoms. The Morgan fingerprint density at radius 2 is 2.04 bits per heavy atom. The summed E-state index contributed by atoms with van der Waals surface area (Å²) in [4.78, 5) is 29.5. The number of hydrogen-bond acceptors (Lipinski definition) is 4. The van der Waals surface area contributed by atoms with Crippen LogP contribution < -0.4 is 0 Å². The molecule has 0 bridgehead atoms. The van der Waals surface area contributed by atoms with Crippen LogP contribution in [0.15, 0.2) is 34.9 Å². The normalized spacial score (nSPS) is 16.3. The molecule has 1 atom stereocenters. The zero-order valence-corrected chi connectivity index (χ0v) is 16.6. The topological polar surface area (TPSA) is 71.6 Å². The van der Waals surface area contributed by atoms with Crippen LogP contribution in [0, 0.1) is 6.92 Å². The summed E-state index contributed by atoms with van der Waals surface area (Å²) in [5.41, 5.74) is 3.48. The molecular weight excluding hydrogens is 356 g/mol. The average Bonchev–Trinajstić information content (AvgIpc) is 3.20. The third-order valence-electron chi connectivity index (χ3n) is 5.51. The minimum absolute atomic E-state index is 0.0793. The fourth-order valence-corrected chi connectivity index (χ4v) is 4.01. The highest BCUT2D eigenvalue weighted by Crippen LogP contribution is 2.32. The molecule has 3 heterocycles. The van der Waals surface area contributed by atoms with Gasteiger partial charge in [-0.15, -0.1) is 0 Å². The highest BCUT2D eigenvalue weighted by Gasteiger charge is 2.38. The SMILES string of the molecule is Cc1oc2ccccc2c1CC(=O)N1CCc2c(cnn2C)C1C(=O)N(C)C. The van der Waals surface area contributed by atoms with E-state index in [1.807, 2.05) is 38.2 Å². The molecule has 1 aromatic carbocycles. The predicted molar refractivity (Wildman–Crippen MR) is 105 cm³/mol. The first kappa shape index (κ1) is 18.3. The van der Waals surface area contributed by atoms with Gasteiger partial charge in [0.1, 0.15) is 17.4 Å². The van der Waals surface area contributed by atoms with Gasteiger partial charge in [-0.2, -0.15) is 5.10 Å². The number of carbonyl (C=O) groups is 2. The summed E-state index contributed by atoms with van der Waals surface area (Å²) in [5.74, 6) is 0.546. The maximum Gasteiger partial charge on any atom is 0.249 e. The van der Waals surface area contributed by atoms with Crippen molar-refractivity contribution in [1.82, 2.24) is 19.6 Å². The van der Waals surface area contributed by atoms with Gasteiger partial charge >= 0.3 is 0 Å². The van der Waals surface area contributed by atoms with Gasteiger partial charge in [0.15, 0.2) is 0 Å². The summed E-state index contributed by atoms with van der Waals surface area (Å²) < 4.78 is 7.59. The number of nitrogens with zero attached hydrogens (tertiary/aromatic N) is 4. The summed E-state index contributed by atoms with van der Waals surface area (Å²) in [6, 6.07) is 7.08. The van der Waals surface area contributed by atoms with Crippen molar-refractivity contribution in [3.05, 3.63) is 53.0 Å². The number of carbonyl (C=O) groups excluding carboxylic acids is 2. The van der Waals surface area contributed by atoms with Gasteiger partial charge in [0.05, 0.1) is 12.6 Å². The molecule has 7 heteroatoms. The van der Waals surface area contributed by atoms with Gasteiger partial charge in [-0.1, -0.05) is 18.2 Å². The molecule has 0 saturated carbocycles. The molecular formula is C21H24N4O3. The van der Waals surface area contributed by atoms with E-state index in [1.165, 1.54) is 4.90 Å². The van der Waals surface area contributed by atoms with Crippen molar-refractivity contribution >= 4 is 22.8 Å². The minimum Gasteiger partial charge on any atom is -0.461 e. The van der Waals surface area contributed by atoms with Crippen LogP contribution in [-0.4, -0.2) is 52.0 Å². The second-order valence-corrected chi connectivity index (χ2v) is 7.45. The average molecular weight is 380 g/mol. The maximum atomic E-state index is 13.3. The first-order valence-corrected chi connectivity index (χ1v) is 9.37. The summed E-state index contributed by atoms with van der Waals surface area (Å²) in [6.45, 7) is 2.37. The van der Waals surface area contributed by atoms with Gasteiger partial charge in [-0.3, -0.25) is 14.3 Å². The van der Waals surface area contributed by atoms with Gasteiger partial charge in [-0.25, -0.2) is 0 Å². The summed E-state index contributed by atoms with van der Waals surface area (Å²) in [7, 11) is 5.29. The first-order chi connectivity index (χ1) is 13.4. The number of fused-ring (bicyclic) bond motifs is 2. The summed E-state index contributed by atoms with van der Waals surface area (Å²) >= 11 is 0. The summed E-state index contributed by atoms with van der Waals surface area (Å²) in [6.07, 6.45) is 2.59. The van der Waals surface area contributed by atoms with Crippen molar-refractivity contribution in [3.8, 4) is 0 Å². The Bertz CT molecular complexity index is 1060. The van der Waals surface area contributed by atoms with E-state index in [2.05, 4.69) is 5.10 Å². The predicted octanol–water partition coefficient (Wildman–Crippen LogP) is 2.23. The lowest BCUT2D eigenvalue weighted by Crippen LogP contribution is -2.47. The van der Waals surface area contributed by atoms with E-state index in [0.717, 1.165) is 33.6 Å². The van der Waals surface area contributed by atoms with Crippen LogP contribution in [0.5, 0.6) is 0 Å². The number of hydrogen-bond donors (Lipinski definition) is 0. The van der Waals surface area contributed by atoms with E-state index in [9.17, 15) is 9.59 Å². The zero-order chi connectivity index (χ0) is 20.0. The number of para-hydroxylation sites is 1. The van der Waals surface area contributed by atoms with E-state index < -0.39 is 6.04 Å². The number of furan rings is 1. The molecule has 146 valence electrons. The molecule has 4 rings (SSSR count). The smallest absolute Gasteiger partial charge is 0.249 e. The Kier molecular flexibility index (Phi) is 4.45. The fourth-order valence-electron chi connectivity index (χ4n) is 4.01. The zero-order valence-electron chi connectivity index (χ0n) is 16.6. The van der Waals surface area contributed by atoms with Gasteiger partial charge in [0.2, 0.25) is 11.8 Å². The van der Waals surface area contributed by atoms with Crippen LogP contribution >= 0.6 is 0 Å². The molecule has 1 unspecified atom stereocenters. The lowest BCUT2D eigenvalue weighted by atomic mass is 9.96. The van der Waals surface area contributed by atoms with Crippen molar-refractivity contribution in [2.75, 3.05) is 20.6 Å². The van der Waals surface area contributed by atoms with Crippen molar-refractivity contribution in [2.24, 2.45) is 7.05 Å². The second-order valence-electron chi connectivity index (χ2n) is 7.45. The molecule has 3 aromatic rings. The quantitative estimate of drug-likeness (QED) is 0.699. The van der Waals surface area contributed by atoms with Crippen LogP contribution in [0.1, 0.15) is 28.6 Å². The minimum atomic E-state index is -0.640. The Balaban J connectivity index is 1.69. The van der Waals surface area contributed by atoms with Crippen molar-refractivity contribution in [1.29, 1.82) is 0 Å². The Morgan fingerprint density at radius 1 is 1.29 bits per heavy atom. The molecule has 2 aromatic heterocycles. The van der Waals surface area contributed by atoms with Crippen LogP contribution in [0.2, 0.25) is 0 Å². The van der Waals surface area contributed by atoms with Crippen LogP contribution in [0.4, 0.5) is 0 Å². The maximum absolute atomic E-state index is 13.3. The number of aryl methyl sites for hydroxylation is 2. The lowest BCUT2D eigenvalue weighted by Gasteiger charge is -2.36. The van der Waals surface area contributed by atoms with Crippen molar-refractivity contribution in [2.45, 2.75) is 25.8 Å². The molecule has 1 aliphatic rings. The standard InChI is InChI=1S/C21H24N4O3/c1-13-15(14-7-5-6-8-18(14)28-13)11-19(26)25-10-9-17-16(12-22-24(17)4)20(25)21(27)23(2)3/h5-8,12,20H,9-11H2,1-4H3. The highest BCUT2D eigenvalue weighted by molar-refractivity contribution is 5.92. The third kappa shape index (κ3) is 2.87. The molecule has 7 nitrogen and oxygen atoms in total. The number of benzene rings is 1. The molecule has 0 radical (unpaired) electrons. The first-order valence-electron chi connectivity index (χ1n) is 9.37. The van der Waals surface area contributed by atoms with Gasteiger partial charge < -0.3 is 14.2 Å². The molecule has 0 fully saturated rings. The lowest BCUT2D eigenvalue weighted by molar-refractivity contribution is -0.145.